The molecule has 0 aromatic heterocycles. The van der Waals surface area contributed by atoms with Crippen LogP contribution < -0.4 is 4.31 Å². The van der Waals surface area contributed by atoms with Gasteiger partial charge in [-0.15, -0.1) is 0 Å². The predicted octanol–water partition coefficient (Wildman–Crippen LogP) is 1.97. The highest BCUT2D eigenvalue weighted by Crippen LogP contribution is 2.23. The third-order valence-electron chi connectivity index (χ3n) is 3.77. The Morgan fingerprint density at radius 2 is 1.80 bits per heavy atom. The van der Waals surface area contributed by atoms with Crippen LogP contribution in [0.2, 0.25) is 0 Å². The molecule has 0 spiro atoms. The Bertz CT molecular complexity index is 596. The summed E-state index contributed by atoms with van der Waals surface area (Å²) in [7, 11) is -1.92. The van der Waals surface area contributed by atoms with E-state index < -0.39 is 10.2 Å². The maximum absolute atomic E-state index is 12.5. The van der Waals surface area contributed by atoms with E-state index in [4.69, 9.17) is 5.26 Å². The number of nitrogens with zero attached hydrogens (tertiary/aromatic N) is 3. The molecule has 1 aliphatic rings. The van der Waals surface area contributed by atoms with Crippen LogP contribution in [-0.2, 0) is 10.2 Å². The number of nitriles is 1. The van der Waals surface area contributed by atoms with E-state index in [9.17, 15) is 8.42 Å². The van der Waals surface area contributed by atoms with Crippen molar-refractivity contribution in [3.63, 3.8) is 0 Å². The molecule has 0 unspecified atom stereocenters. The maximum Gasteiger partial charge on any atom is 0.303 e. The van der Waals surface area contributed by atoms with E-state index in [1.165, 1.54) is 8.61 Å². The van der Waals surface area contributed by atoms with Gasteiger partial charge in [-0.05, 0) is 43.0 Å². The average molecular weight is 293 g/mol. The summed E-state index contributed by atoms with van der Waals surface area (Å²) in [4.78, 5) is 0. The molecule has 1 aromatic rings. The van der Waals surface area contributed by atoms with Gasteiger partial charge in [-0.3, -0.25) is 4.31 Å². The molecule has 1 aromatic carbocycles. The van der Waals surface area contributed by atoms with E-state index in [2.05, 4.69) is 6.92 Å². The topological polar surface area (TPSA) is 64.4 Å². The Morgan fingerprint density at radius 1 is 1.25 bits per heavy atom. The molecule has 0 amide bonds. The molecule has 0 radical (unpaired) electrons. The molecule has 5 nitrogen and oxygen atoms in total. The molecule has 0 aliphatic carbocycles. The lowest BCUT2D eigenvalue weighted by molar-refractivity contribution is 0.287. The van der Waals surface area contributed by atoms with Crippen LogP contribution in [0.5, 0.6) is 0 Å². The molecule has 0 atom stereocenters. The summed E-state index contributed by atoms with van der Waals surface area (Å²) in [6, 6.07) is 8.58. The van der Waals surface area contributed by atoms with Gasteiger partial charge in [0.1, 0.15) is 0 Å². The summed E-state index contributed by atoms with van der Waals surface area (Å²) >= 11 is 0. The lowest BCUT2D eigenvalue weighted by Gasteiger charge is -2.33. The first-order chi connectivity index (χ1) is 9.45. The fourth-order valence-corrected chi connectivity index (χ4v) is 3.67. The smallest absolute Gasteiger partial charge is 0.261 e. The maximum atomic E-state index is 12.5. The molecule has 1 aliphatic heterocycles. The third-order valence-corrected chi connectivity index (χ3v) is 5.70. The van der Waals surface area contributed by atoms with Gasteiger partial charge in [0.2, 0.25) is 0 Å². The fraction of sp³-hybridized carbons (Fsp3) is 0.500. The number of rotatable bonds is 3. The number of benzene rings is 1. The van der Waals surface area contributed by atoms with Crippen LogP contribution in [-0.4, -0.2) is 32.9 Å². The van der Waals surface area contributed by atoms with E-state index in [0.717, 1.165) is 12.8 Å². The third kappa shape index (κ3) is 2.94. The molecule has 20 heavy (non-hydrogen) atoms. The molecule has 108 valence electrons. The minimum atomic E-state index is -3.47. The van der Waals surface area contributed by atoms with Crippen molar-refractivity contribution < 1.29 is 8.42 Å². The lowest BCUT2D eigenvalue weighted by Crippen LogP contribution is -2.45. The normalized spacial score (nSPS) is 17.6. The number of hydrogen-bond donors (Lipinski definition) is 0. The zero-order chi connectivity index (χ0) is 14.8. The first-order valence-corrected chi connectivity index (χ1v) is 8.09. The second-order valence-corrected chi connectivity index (χ2v) is 7.18. The number of hydrogen-bond acceptors (Lipinski definition) is 3. The van der Waals surface area contributed by atoms with Crippen molar-refractivity contribution in [3.8, 4) is 6.07 Å². The monoisotopic (exact) mass is 293 g/mol. The summed E-state index contributed by atoms with van der Waals surface area (Å²) < 4.78 is 27.9. The Kier molecular flexibility index (Phi) is 4.31. The highest BCUT2D eigenvalue weighted by Gasteiger charge is 2.30. The van der Waals surface area contributed by atoms with Gasteiger partial charge >= 0.3 is 10.2 Å². The Hall–Kier alpha value is -1.58. The van der Waals surface area contributed by atoms with Crippen LogP contribution in [0.25, 0.3) is 0 Å². The zero-order valence-electron chi connectivity index (χ0n) is 11.8. The summed E-state index contributed by atoms with van der Waals surface area (Å²) in [6.07, 6.45) is 1.81. The van der Waals surface area contributed by atoms with E-state index >= 15 is 0 Å². The molecule has 1 fully saturated rings. The van der Waals surface area contributed by atoms with Gasteiger partial charge in [0.05, 0.1) is 17.3 Å². The van der Waals surface area contributed by atoms with Crippen LogP contribution in [0.1, 0.15) is 25.3 Å². The predicted molar refractivity (Wildman–Crippen MR) is 78.5 cm³/mol. The largest absolute Gasteiger partial charge is 0.303 e. The van der Waals surface area contributed by atoms with Crippen LogP contribution in [0.4, 0.5) is 5.69 Å². The Labute approximate surface area is 120 Å². The van der Waals surface area contributed by atoms with Crippen molar-refractivity contribution in [3.05, 3.63) is 29.8 Å². The van der Waals surface area contributed by atoms with E-state index in [-0.39, 0.29) is 0 Å². The standard InChI is InChI=1S/C14H19N3O2S/c1-12-7-9-17(10-8-12)20(18,19)16(2)14-5-3-13(11-15)4-6-14/h3-6,12H,7-10H2,1-2H3. The van der Waals surface area contributed by atoms with Crippen LogP contribution in [0.3, 0.4) is 0 Å². The molecular weight excluding hydrogens is 274 g/mol. The first kappa shape index (κ1) is 14.8. The Balaban J connectivity index is 2.18. The Morgan fingerprint density at radius 3 is 2.30 bits per heavy atom. The van der Waals surface area contributed by atoms with Gasteiger partial charge in [-0.1, -0.05) is 6.92 Å². The van der Waals surface area contributed by atoms with Crippen molar-refractivity contribution >= 4 is 15.9 Å². The molecule has 1 heterocycles. The van der Waals surface area contributed by atoms with Crippen molar-refractivity contribution in [1.29, 1.82) is 5.26 Å². The number of anilines is 1. The fourth-order valence-electron chi connectivity index (χ4n) is 2.27. The minimum absolute atomic E-state index is 0.520. The summed E-state index contributed by atoms with van der Waals surface area (Å²) in [5.41, 5.74) is 1.09. The lowest BCUT2D eigenvalue weighted by atomic mass is 10.0. The second-order valence-electron chi connectivity index (χ2n) is 5.22. The van der Waals surface area contributed by atoms with Gasteiger partial charge in [-0.2, -0.15) is 18.0 Å². The number of piperidine rings is 1. The summed E-state index contributed by atoms with van der Waals surface area (Å²) in [5, 5.41) is 8.77. The highest BCUT2D eigenvalue weighted by molar-refractivity contribution is 7.90. The van der Waals surface area contributed by atoms with Gasteiger partial charge in [-0.25, -0.2) is 0 Å². The van der Waals surface area contributed by atoms with Gasteiger partial charge in [0, 0.05) is 20.1 Å². The van der Waals surface area contributed by atoms with Crippen LogP contribution in [0, 0.1) is 17.2 Å². The molecule has 0 bridgehead atoms. The van der Waals surface area contributed by atoms with Crippen molar-refractivity contribution in [2.45, 2.75) is 19.8 Å². The van der Waals surface area contributed by atoms with Gasteiger partial charge < -0.3 is 0 Å². The molecular formula is C14H19N3O2S. The molecule has 2 rings (SSSR count). The summed E-state index contributed by atoms with van der Waals surface area (Å²) in [5.74, 6) is 0.585. The van der Waals surface area contributed by atoms with Crippen molar-refractivity contribution in [2.24, 2.45) is 5.92 Å². The summed E-state index contributed by atoms with van der Waals surface area (Å²) in [6.45, 7) is 3.29. The van der Waals surface area contributed by atoms with E-state index in [0.29, 0.717) is 30.3 Å². The van der Waals surface area contributed by atoms with E-state index in [1.54, 1.807) is 31.3 Å². The van der Waals surface area contributed by atoms with Crippen LogP contribution >= 0.6 is 0 Å². The van der Waals surface area contributed by atoms with Crippen LogP contribution in [0.15, 0.2) is 24.3 Å². The SMILES string of the molecule is CC1CCN(S(=O)(=O)N(C)c2ccc(C#N)cc2)CC1. The first-order valence-electron chi connectivity index (χ1n) is 6.69. The zero-order valence-corrected chi connectivity index (χ0v) is 12.6. The molecule has 1 saturated heterocycles. The van der Waals surface area contributed by atoms with Gasteiger partial charge in [0.25, 0.3) is 0 Å². The molecule has 0 N–H and O–H groups in total. The quantitative estimate of drug-likeness (QED) is 0.856. The van der Waals surface area contributed by atoms with Crippen molar-refractivity contribution in [1.82, 2.24) is 4.31 Å². The minimum Gasteiger partial charge on any atom is -0.261 e. The molecule has 6 heteroatoms. The van der Waals surface area contributed by atoms with E-state index in [1.807, 2.05) is 6.07 Å². The highest BCUT2D eigenvalue weighted by atomic mass is 32.2. The average Bonchev–Trinajstić information content (AvgIpc) is 2.47. The molecule has 0 saturated carbocycles. The second kappa shape index (κ2) is 5.81. The van der Waals surface area contributed by atoms with Gasteiger partial charge in [0.15, 0.2) is 0 Å². The van der Waals surface area contributed by atoms with Crippen molar-refractivity contribution in [2.75, 3.05) is 24.4 Å².